The van der Waals surface area contributed by atoms with Crippen LogP contribution in [0.3, 0.4) is 0 Å². The quantitative estimate of drug-likeness (QED) is 0.819. The van der Waals surface area contributed by atoms with Gasteiger partial charge in [-0.05, 0) is 25.0 Å². The lowest BCUT2D eigenvalue weighted by Gasteiger charge is -2.28. The van der Waals surface area contributed by atoms with Crippen molar-refractivity contribution in [1.82, 2.24) is 5.32 Å². The minimum absolute atomic E-state index is 0.197. The highest BCUT2D eigenvalue weighted by Crippen LogP contribution is 2.18. The molecule has 0 aliphatic carbocycles. The summed E-state index contributed by atoms with van der Waals surface area (Å²) in [5, 5.41) is 11.8. The highest BCUT2D eigenvalue weighted by atomic mass is 16.5. The lowest BCUT2D eigenvalue weighted by molar-refractivity contribution is -0.145. The Morgan fingerprint density at radius 3 is 2.76 bits per heavy atom. The maximum atomic E-state index is 11.8. The monoisotopic (exact) mass is 293 g/mol. The van der Waals surface area contributed by atoms with Crippen LogP contribution in [0.25, 0.3) is 0 Å². The summed E-state index contributed by atoms with van der Waals surface area (Å²) in [6.07, 6.45) is 1.54. The number of aliphatic carboxylic acids is 1. The van der Waals surface area contributed by atoms with Gasteiger partial charge in [0.2, 0.25) is 0 Å². The van der Waals surface area contributed by atoms with Crippen molar-refractivity contribution in [2.45, 2.75) is 18.9 Å². The number of para-hydroxylation sites is 1. The van der Waals surface area contributed by atoms with Crippen molar-refractivity contribution in [3.63, 3.8) is 0 Å². The van der Waals surface area contributed by atoms with Gasteiger partial charge in [-0.1, -0.05) is 18.2 Å². The van der Waals surface area contributed by atoms with E-state index < -0.39 is 17.9 Å². The fraction of sp³-hybridized carbons (Fsp3) is 0.467. The van der Waals surface area contributed by atoms with Gasteiger partial charge >= 0.3 is 5.97 Å². The zero-order valence-electron chi connectivity index (χ0n) is 11.7. The van der Waals surface area contributed by atoms with E-state index in [0.29, 0.717) is 19.0 Å². The molecule has 2 rings (SSSR count). The summed E-state index contributed by atoms with van der Waals surface area (Å²) < 4.78 is 10.6. The van der Waals surface area contributed by atoms with Gasteiger partial charge in [-0.25, -0.2) is 4.79 Å². The van der Waals surface area contributed by atoms with Gasteiger partial charge < -0.3 is 19.9 Å². The van der Waals surface area contributed by atoms with Crippen LogP contribution in [0.4, 0.5) is 0 Å². The van der Waals surface area contributed by atoms with Crippen LogP contribution in [0.15, 0.2) is 30.3 Å². The second kappa shape index (κ2) is 7.64. The fourth-order valence-corrected chi connectivity index (χ4v) is 2.29. The van der Waals surface area contributed by atoms with Crippen molar-refractivity contribution >= 4 is 11.9 Å². The zero-order chi connectivity index (χ0) is 15.1. The Bertz CT molecular complexity index is 470. The van der Waals surface area contributed by atoms with Gasteiger partial charge in [0.25, 0.3) is 5.91 Å². The molecule has 6 nitrogen and oxygen atoms in total. The standard InChI is InChI=1S/C15H19NO5/c17-13(10-21-12-6-2-1-3-7-12)16-14(15(18)19)11-5-4-8-20-9-11/h1-3,6-7,11,14H,4-5,8-10H2,(H,16,17)(H,18,19). The van der Waals surface area contributed by atoms with Gasteiger partial charge in [-0.3, -0.25) is 4.79 Å². The number of hydrogen-bond donors (Lipinski definition) is 2. The molecule has 6 heteroatoms. The zero-order valence-corrected chi connectivity index (χ0v) is 11.7. The summed E-state index contributed by atoms with van der Waals surface area (Å²) in [6, 6.07) is 7.97. The Morgan fingerprint density at radius 1 is 1.38 bits per heavy atom. The molecule has 21 heavy (non-hydrogen) atoms. The molecule has 114 valence electrons. The maximum Gasteiger partial charge on any atom is 0.326 e. The van der Waals surface area contributed by atoms with Crippen LogP contribution in [-0.2, 0) is 14.3 Å². The molecular weight excluding hydrogens is 274 g/mol. The predicted octanol–water partition coefficient (Wildman–Crippen LogP) is 1.06. The van der Waals surface area contributed by atoms with E-state index in [4.69, 9.17) is 9.47 Å². The molecule has 1 aliphatic rings. The van der Waals surface area contributed by atoms with Gasteiger partial charge in [-0.2, -0.15) is 0 Å². The molecule has 0 bridgehead atoms. The van der Waals surface area contributed by atoms with Gasteiger partial charge in [0.05, 0.1) is 6.61 Å². The molecule has 1 saturated heterocycles. The van der Waals surface area contributed by atoms with E-state index in [9.17, 15) is 14.7 Å². The Hall–Kier alpha value is -2.08. The average molecular weight is 293 g/mol. The van der Waals surface area contributed by atoms with Crippen LogP contribution in [0.2, 0.25) is 0 Å². The third-order valence-electron chi connectivity index (χ3n) is 3.36. The molecule has 1 aliphatic heterocycles. The molecule has 1 amide bonds. The third-order valence-corrected chi connectivity index (χ3v) is 3.36. The molecule has 0 spiro atoms. The molecule has 1 fully saturated rings. The summed E-state index contributed by atoms with van der Waals surface area (Å²) in [5.41, 5.74) is 0. The van der Waals surface area contributed by atoms with E-state index in [1.54, 1.807) is 24.3 Å². The third kappa shape index (κ3) is 4.75. The molecule has 0 radical (unpaired) electrons. The number of carbonyl (C=O) groups is 2. The highest BCUT2D eigenvalue weighted by Gasteiger charge is 2.31. The van der Waals surface area contributed by atoms with E-state index in [1.165, 1.54) is 0 Å². The molecular formula is C15H19NO5. The average Bonchev–Trinajstić information content (AvgIpc) is 2.52. The van der Waals surface area contributed by atoms with Crippen LogP contribution in [0, 0.1) is 5.92 Å². The molecule has 1 aromatic rings. The Balaban J connectivity index is 1.84. The lowest BCUT2D eigenvalue weighted by Crippen LogP contribution is -2.49. The molecule has 0 aromatic heterocycles. The number of hydrogen-bond acceptors (Lipinski definition) is 4. The molecule has 1 aromatic carbocycles. The van der Waals surface area contributed by atoms with Gasteiger partial charge in [0.1, 0.15) is 11.8 Å². The first-order chi connectivity index (χ1) is 10.2. The molecule has 2 atom stereocenters. The first kappa shape index (κ1) is 15.3. The number of benzene rings is 1. The van der Waals surface area contributed by atoms with E-state index >= 15 is 0 Å². The summed E-state index contributed by atoms with van der Waals surface area (Å²) in [5.74, 6) is -1.12. The van der Waals surface area contributed by atoms with Gasteiger partial charge in [0, 0.05) is 12.5 Å². The predicted molar refractivity (Wildman–Crippen MR) is 75.0 cm³/mol. The summed E-state index contributed by atoms with van der Waals surface area (Å²) in [7, 11) is 0. The van der Waals surface area contributed by atoms with Crippen LogP contribution in [0.1, 0.15) is 12.8 Å². The first-order valence-electron chi connectivity index (χ1n) is 6.94. The second-order valence-electron chi connectivity index (χ2n) is 4.96. The second-order valence-corrected chi connectivity index (χ2v) is 4.96. The number of amides is 1. The van der Waals surface area contributed by atoms with Crippen molar-refractivity contribution in [3.05, 3.63) is 30.3 Å². The van der Waals surface area contributed by atoms with Crippen LogP contribution in [-0.4, -0.2) is 42.8 Å². The van der Waals surface area contributed by atoms with Gasteiger partial charge in [0.15, 0.2) is 6.61 Å². The maximum absolute atomic E-state index is 11.8. The van der Waals surface area contributed by atoms with Crippen molar-refractivity contribution in [3.8, 4) is 5.75 Å². The fourth-order valence-electron chi connectivity index (χ4n) is 2.29. The number of ether oxygens (including phenoxy) is 2. The Labute approximate surface area is 123 Å². The number of carboxylic acids is 1. The van der Waals surface area contributed by atoms with Crippen molar-refractivity contribution < 1.29 is 24.2 Å². The number of nitrogens with one attached hydrogen (secondary N) is 1. The van der Waals surface area contributed by atoms with Gasteiger partial charge in [-0.15, -0.1) is 0 Å². The minimum Gasteiger partial charge on any atom is -0.484 e. The number of carbonyl (C=O) groups excluding carboxylic acids is 1. The van der Waals surface area contributed by atoms with E-state index in [-0.39, 0.29) is 12.5 Å². The summed E-state index contributed by atoms with van der Waals surface area (Å²) >= 11 is 0. The summed E-state index contributed by atoms with van der Waals surface area (Å²) in [6.45, 7) is 0.798. The molecule has 2 N–H and O–H groups in total. The molecule has 1 heterocycles. The first-order valence-corrected chi connectivity index (χ1v) is 6.94. The highest BCUT2D eigenvalue weighted by molar-refractivity contribution is 5.84. The van der Waals surface area contributed by atoms with E-state index in [1.807, 2.05) is 6.07 Å². The van der Waals surface area contributed by atoms with E-state index in [2.05, 4.69) is 5.32 Å². The van der Waals surface area contributed by atoms with Crippen LogP contribution in [0.5, 0.6) is 5.75 Å². The topological polar surface area (TPSA) is 84.9 Å². The number of carboxylic acid groups (broad SMARTS) is 1. The Morgan fingerprint density at radius 2 is 2.14 bits per heavy atom. The minimum atomic E-state index is -1.04. The largest absolute Gasteiger partial charge is 0.484 e. The smallest absolute Gasteiger partial charge is 0.326 e. The van der Waals surface area contributed by atoms with Crippen LogP contribution >= 0.6 is 0 Å². The molecule has 0 saturated carbocycles. The Kier molecular flexibility index (Phi) is 5.57. The normalized spacial score (nSPS) is 19.5. The van der Waals surface area contributed by atoms with Crippen molar-refractivity contribution in [2.24, 2.45) is 5.92 Å². The SMILES string of the molecule is O=C(COc1ccccc1)NC(C(=O)O)C1CCCOC1. The van der Waals surface area contributed by atoms with Crippen molar-refractivity contribution in [1.29, 1.82) is 0 Å². The van der Waals surface area contributed by atoms with E-state index in [0.717, 1.165) is 12.8 Å². The van der Waals surface area contributed by atoms with Crippen molar-refractivity contribution in [2.75, 3.05) is 19.8 Å². The summed E-state index contributed by atoms with van der Waals surface area (Å²) in [4.78, 5) is 23.1. The lowest BCUT2D eigenvalue weighted by atomic mass is 9.94. The number of rotatable bonds is 6. The van der Waals surface area contributed by atoms with Crippen LogP contribution < -0.4 is 10.1 Å². The molecule has 2 unspecified atom stereocenters.